The minimum Gasteiger partial charge on any atom is -0.467 e. The van der Waals surface area contributed by atoms with Gasteiger partial charge in [-0.3, -0.25) is 9.69 Å². The fourth-order valence-electron chi connectivity index (χ4n) is 4.38. The van der Waals surface area contributed by atoms with Crippen LogP contribution >= 0.6 is 11.6 Å². The molecule has 1 unspecified atom stereocenters. The molecule has 2 aromatic rings. The van der Waals surface area contributed by atoms with Gasteiger partial charge in [-0.05, 0) is 56.1 Å². The summed E-state index contributed by atoms with van der Waals surface area (Å²) < 4.78 is 25.2. The molecule has 0 aliphatic carbocycles. The Morgan fingerprint density at radius 3 is 2.71 bits per heavy atom. The number of nitrogens with one attached hydrogen (secondary N) is 2. The molecule has 2 aliphatic rings. The quantitative estimate of drug-likeness (QED) is 0.560. The first kappa shape index (κ1) is 24.5. The van der Waals surface area contributed by atoms with E-state index in [2.05, 4.69) is 27.7 Å². The second-order valence-corrected chi connectivity index (χ2v) is 9.28. The Balaban J connectivity index is 1.24. The van der Waals surface area contributed by atoms with E-state index in [-0.39, 0.29) is 24.2 Å². The maximum atomic E-state index is 13.4. The predicted octanol–water partition coefficient (Wildman–Crippen LogP) is 3.95. The van der Waals surface area contributed by atoms with Crippen LogP contribution in [0.25, 0.3) is 0 Å². The number of benzene rings is 2. The Hall–Kier alpha value is -2.61. The summed E-state index contributed by atoms with van der Waals surface area (Å²) in [7, 11) is 0. The summed E-state index contributed by atoms with van der Waals surface area (Å²) in [6.07, 6.45) is 3.78. The fraction of sp³-hybridized carbons (Fsp3) is 0.423. The van der Waals surface area contributed by atoms with Crippen molar-refractivity contribution < 1.29 is 18.7 Å². The summed E-state index contributed by atoms with van der Waals surface area (Å²) in [5.41, 5.74) is 0.935. The number of hydrogen-bond donors (Lipinski definition) is 2. The van der Waals surface area contributed by atoms with Crippen molar-refractivity contribution in [3.05, 3.63) is 82.5 Å². The molecule has 8 heteroatoms. The van der Waals surface area contributed by atoms with Crippen LogP contribution in [0.4, 0.5) is 4.39 Å². The van der Waals surface area contributed by atoms with Gasteiger partial charge in [0.1, 0.15) is 11.6 Å². The zero-order chi connectivity index (χ0) is 24.0. The van der Waals surface area contributed by atoms with Crippen LogP contribution in [0.2, 0.25) is 5.02 Å². The zero-order valence-corrected chi connectivity index (χ0v) is 20.1. The van der Waals surface area contributed by atoms with E-state index in [0.717, 1.165) is 37.5 Å². The highest BCUT2D eigenvalue weighted by atomic mass is 35.5. The third-order valence-electron chi connectivity index (χ3n) is 6.17. The Bertz CT molecular complexity index is 999. The lowest BCUT2D eigenvalue weighted by molar-refractivity contribution is -0.128. The van der Waals surface area contributed by atoms with Crippen LogP contribution in [0.1, 0.15) is 30.9 Å². The number of aryl methyl sites for hydroxylation is 1. The normalized spacial score (nSPS) is 22.6. The molecule has 2 aromatic carbocycles. The molecule has 0 aromatic heterocycles. The van der Waals surface area contributed by atoms with Crippen molar-refractivity contribution in [3.8, 4) is 0 Å². The molecule has 0 saturated carbocycles. The monoisotopic (exact) mass is 487 g/mol. The van der Waals surface area contributed by atoms with Crippen LogP contribution in [0.15, 0.2) is 60.5 Å². The lowest BCUT2D eigenvalue weighted by atomic mass is 9.98. The summed E-state index contributed by atoms with van der Waals surface area (Å²) in [4.78, 5) is 15.2. The minimum atomic E-state index is -1.04. The number of rotatable bonds is 9. The minimum absolute atomic E-state index is 0.0595. The summed E-state index contributed by atoms with van der Waals surface area (Å²) in [6.45, 7) is 5.54. The van der Waals surface area contributed by atoms with E-state index in [4.69, 9.17) is 21.1 Å². The van der Waals surface area contributed by atoms with E-state index >= 15 is 0 Å². The first-order valence-corrected chi connectivity index (χ1v) is 12.0. The third kappa shape index (κ3) is 6.50. The van der Waals surface area contributed by atoms with Gasteiger partial charge in [0.25, 0.3) is 0 Å². The van der Waals surface area contributed by atoms with Crippen molar-refractivity contribution in [2.24, 2.45) is 0 Å². The maximum absolute atomic E-state index is 13.4. The van der Waals surface area contributed by atoms with Gasteiger partial charge in [0.05, 0.1) is 19.1 Å². The Labute approximate surface area is 205 Å². The van der Waals surface area contributed by atoms with E-state index < -0.39 is 5.72 Å². The number of carbonyl (C=O) groups excluding carboxylic acids is 1. The molecule has 1 amide bonds. The van der Waals surface area contributed by atoms with E-state index in [9.17, 15) is 9.18 Å². The number of morpholine rings is 1. The number of ether oxygens (including phenoxy) is 2. The lowest BCUT2D eigenvalue weighted by Crippen LogP contribution is -2.49. The number of hydrogen-bond acceptors (Lipinski definition) is 5. The molecule has 2 heterocycles. The van der Waals surface area contributed by atoms with Gasteiger partial charge in [-0.25, -0.2) is 4.39 Å². The molecule has 182 valence electrons. The average molecular weight is 488 g/mol. The van der Waals surface area contributed by atoms with Gasteiger partial charge in [0.2, 0.25) is 11.6 Å². The molecule has 4 rings (SSSR count). The molecule has 0 spiro atoms. The van der Waals surface area contributed by atoms with Crippen molar-refractivity contribution in [1.29, 1.82) is 0 Å². The molecule has 6 nitrogen and oxygen atoms in total. The highest BCUT2D eigenvalue weighted by molar-refractivity contribution is 6.30. The van der Waals surface area contributed by atoms with E-state index in [1.54, 1.807) is 18.3 Å². The fourth-order valence-corrected chi connectivity index (χ4v) is 4.51. The smallest absolute Gasteiger partial charge is 0.226 e. The van der Waals surface area contributed by atoms with Crippen LogP contribution in [-0.2, 0) is 26.4 Å². The van der Waals surface area contributed by atoms with Crippen LogP contribution in [0.5, 0.6) is 0 Å². The van der Waals surface area contributed by atoms with Gasteiger partial charge in [-0.1, -0.05) is 35.9 Å². The van der Waals surface area contributed by atoms with Crippen molar-refractivity contribution in [1.82, 2.24) is 15.5 Å². The second kappa shape index (κ2) is 11.2. The number of amides is 1. The topological polar surface area (TPSA) is 62.8 Å². The zero-order valence-electron chi connectivity index (χ0n) is 19.4. The van der Waals surface area contributed by atoms with Crippen molar-refractivity contribution >= 4 is 17.5 Å². The molecule has 2 atom stereocenters. The second-order valence-electron chi connectivity index (χ2n) is 8.84. The largest absolute Gasteiger partial charge is 0.467 e. The molecular weight excluding hydrogens is 457 g/mol. The van der Waals surface area contributed by atoms with Crippen molar-refractivity contribution in [2.45, 2.75) is 38.0 Å². The first-order valence-electron chi connectivity index (χ1n) is 11.7. The SMILES string of the molecule is CC1=CNC(CC(=O)NC[C@H]2CN(CCCc3ccc(Cl)cc3)CCO2)(c2ccc(F)cc2)O1. The summed E-state index contributed by atoms with van der Waals surface area (Å²) in [5.74, 6) is 0.170. The predicted molar refractivity (Wildman–Crippen MR) is 130 cm³/mol. The van der Waals surface area contributed by atoms with Crippen LogP contribution < -0.4 is 10.6 Å². The maximum Gasteiger partial charge on any atom is 0.226 e. The van der Waals surface area contributed by atoms with E-state index in [1.807, 2.05) is 19.1 Å². The number of halogens is 2. The number of carbonyl (C=O) groups is 1. The first-order chi connectivity index (χ1) is 16.4. The molecule has 2 N–H and O–H groups in total. The van der Waals surface area contributed by atoms with E-state index in [0.29, 0.717) is 24.5 Å². The Kier molecular flexibility index (Phi) is 8.08. The van der Waals surface area contributed by atoms with Gasteiger partial charge < -0.3 is 20.1 Å². The van der Waals surface area contributed by atoms with Crippen molar-refractivity contribution in [3.63, 3.8) is 0 Å². The van der Waals surface area contributed by atoms with Gasteiger partial charge in [0.15, 0.2) is 0 Å². The summed E-state index contributed by atoms with van der Waals surface area (Å²) in [5, 5.41) is 6.90. The Morgan fingerprint density at radius 1 is 1.24 bits per heavy atom. The van der Waals surface area contributed by atoms with Crippen LogP contribution in [0, 0.1) is 5.82 Å². The van der Waals surface area contributed by atoms with Gasteiger partial charge >= 0.3 is 0 Å². The van der Waals surface area contributed by atoms with Crippen molar-refractivity contribution in [2.75, 3.05) is 32.8 Å². The highest BCUT2D eigenvalue weighted by Gasteiger charge is 2.39. The Morgan fingerprint density at radius 2 is 2.00 bits per heavy atom. The van der Waals surface area contributed by atoms with Crippen LogP contribution in [-0.4, -0.2) is 49.7 Å². The van der Waals surface area contributed by atoms with Gasteiger partial charge in [0, 0.05) is 36.4 Å². The summed E-state index contributed by atoms with van der Waals surface area (Å²) >= 11 is 5.95. The highest BCUT2D eigenvalue weighted by Crippen LogP contribution is 2.33. The van der Waals surface area contributed by atoms with E-state index in [1.165, 1.54) is 17.7 Å². The lowest BCUT2D eigenvalue weighted by Gasteiger charge is -2.33. The van der Waals surface area contributed by atoms with Gasteiger partial charge in [-0.15, -0.1) is 0 Å². The molecule has 34 heavy (non-hydrogen) atoms. The molecule has 1 saturated heterocycles. The molecular formula is C26H31ClFN3O3. The average Bonchev–Trinajstić information content (AvgIpc) is 3.21. The standard InChI is InChI=1S/C26H31ClFN3O3/c1-19-16-30-26(34-19,21-6-10-23(28)11-7-21)15-25(32)29-17-24-18-31(13-14-33-24)12-2-3-20-4-8-22(27)9-5-20/h4-11,16,24,30H,2-3,12-15,17-18H2,1H3,(H,29,32)/t24-,26?/m0/s1. The molecule has 1 fully saturated rings. The molecule has 0 radical (unpaired) electrons. The third-order valence-corrected chi connectivity index (χ3v) is 6.42. The number of allylic oxidation sites excluding steroid dienone is 1. The molecule has 0 bridgehead atoms. The number of nitrogens with zero attached hydrogens (tertiary/aromatic N) is 1. The van der Waals surface area contributed by atoms with Gasteiger partial charge in [-0.2, -0.15) is 0 Å². The molecule has 2 aliphatic heterocycles. The summed E-state index contributed by atoms with van der Waals surface area (Å²) in [6, 6.07) is 14.0. The van der Waals surface area contributed by atoms with Crippen LogP contribution in [0.3, 0.4) is 0 Å².